The van der Waals surface area contributed by atoms with Crippen molar-refractivity contribution in [1.82, 2.24) is 29.2 Å². The standard InChI is InChI=1S/C28H30N8O2/c1-33(2)23-10-12-35(13-11-23)27-24-16-30-18-36(24)26(25(32-27)20-6-4-19(14-29)5-7-20)21-8-9-22(31-15-21)17-34(3)28(37)38/h4-9,15-16,18,23H,10-13,17H2,1-3H3,(H,37,38). The number of nitriles is 1. The number of fused-ring (bicyclic) bond motifs is 1. The molecule has 4 aromatic rings. The molecule has 0 unspecified atom stereocenters. The van der Waals surface area contributed by atoms with Crippen molar-refractivity contribution >= 4 is 17.4 Å². The lowest BCUT2D eigenvalue weighted by molar-refractivity contribution is 0.153. The van der Waals surface area contributed by atoms with Crippen LogP contribution in [0.1, 0.15) is 24.1 Å². The quantitative estimate of drug-likeness (QED) is 0.415. The molecule has 0 bridgehead atoms. The van der Waals surface area contributed by atoms with Gasteiger partial charge in [0.15, 0.2) is 5.82 Å². The molecule has 0 saturated carbocycles. The molecule has 5 rings (SSSR count). The summed E-state index contributed by atoms with van der Waals surface area (Å²) in [5.74, 6) is 0.885. The third kappa shape index (κ3) is 4.88. The molecule has 1 N–H and O–H groups in total. The number of pyridine rings is 1. The Kier molecular flexibility index (Phi) is 6.94. The predicted molar refractivity (Wildman–Crippen MR) is 145 cm³/mol. The van der Waals surface area contributed by atoms with Crippen LogP contribution >= 0.6 is 0 Å². The molecular formula is C28H30N8O2. The number of piperidine rings is 1. The fourth-order valence-electron chi connectivity index (χ4n) is 4.94. The van der Waals surface area contributed by atoms with Gasteiger partial charge in [0.25, 0.3) is 0 Å². The number of nitrogens with zero attached hydrogens (tertiary/aromatic N) is 8. The largest absolute Gasteiger partial charge is 0.465 e. The lowest BCUT2D eigenvalue weighted by Crippen LogP contribution is -2.42. The second kappa shape index (κ2) is 10.5. The fourth-order valence-corrected chi connectivity index (χ4v) is 4.94. The van der Waals surface area contributed by atoms with Crippen molar-refractivity contribution in [3.05, 3.63) is 66.4 Å². The molecule has 1 amide bonds. The van der Waals surface area contributed by atoms with E-state index in [1.165, 1.54) is 11.9 Å². The highest BCUT2D eigenvalue weighted by molar-refractivity contribution is 5.85. The number of hydrogen-bond donors (Lipinski definition) is 1. The second-order valence-electron chi connectivity index (χ2n) is 9.83. The molecule has 1 fully saturated rings. The van der Waals surface area contributed by atoms with Crippen LogP contribution in [0, 0.1) is 11.3 Å². The van der Waals surface area contributed by atoms with Gasteiger partial charge in [0.05, 0.1) is 47.8 Å². The summed E-state index contributed by atoms with van der Waals surface area (Å²) in [6.07, 6.45) is 6.49. The highest BCUT2D eigenvalue weighted by Gasteiger charge is 2.26. The lowest BCUT2D eigenvalue weighted by Gasteiger charge is -2.36. The van der Waals surface area contributed by atoms with Crippen molar-refractivity contribution < 1.29 is 9.90 Å². The summed E-state index contributed by atoms with van der Waals surface area (Å²) in [6, 6.07) is 13.9. The number of hydrogen-bond acceptors (Lipinski definition) is 7. The second-order valence-corrected chi connectivity index (χ2v) is 9.83. The molecule has 1 aromatic carbocycles. The number of amides is 1. The van der Waals surface area contributed by atoms with Crippen LogP contribution in [-0.2, 0) is 6.54 Å². The van der Waals surface area contributed by atoms with E-state index in [1.54, 1.807) is 24.7 Å². The van der Waals surface area contributed by atoms with Crippen LogP contribution in [0.25, 0.3) is 28.0 Å². The minimum Gasteiger partial charge on any atom is -0.465 e. The summed E-state index contributed by atoms with van der Waals surface area (Å²) in [6.45, 7) is 1.99. The lowest BCUT2D eigenvalue weighted by atomic mass is 10.0. The monoisotopic (exact) mass is 510 g/mol. The SMILES string of the molecule is CN(Cc1ccc(-c2c(-c3ccc(C#N)cc3)nc(N3CCC(N(C)C)CC3)c3cncn23)cn1)C(=O)O. The Hall–Kier alpha value is -4.49. The normalized spacial score (nSPS) is 14.1. The van der Waals surface area contributed by atoms with Crippen molar-refractivity contribution in [2.24, 2.45) is 0 Å². The van der Waals surface area contributed by atoms with Gasteiger partial charge in [-0.1, -0.05) is 12.1 Å². The molecule has 194 valence electrons. The summed E-state index contributed by atoms with van der Waals surface area (Å²) in [4.78, 5) is 31.3. The van der Waals surface area contributed by atoms with Gasteiger partial charge in [0.1, 0.15) is 5.52 Å². The maximum atomic E-state index is 11.2. The topological polar surface area (TPSA) is 114 Å². The van der Waals surface area contributed by atoms with E-state index in [-0.39, 0.29) is 6.54 Å². The van der Waals surface area contributed by atoms with Crippen LogP contribution in [0.2, 0.25) is 0 Å². The number of carboxylic acid groups (broad SMARTS) is 1. The summed E-state index contributed by atoms with van der Waals surface area (Å²) in [5, 5.41) is 18.5. The predicted octanol–water partition coefficient (Wildman–Crippen LogP) is 3.97. The van der Waals surface area contributed by atoms with E-state index in [0.29, 0.717) is 17.3 Å². The molecule has 0 aliphatic carbocycles. The first-order valence-corrected chi connectivity index (χ1v) is 12.5. The van der Waals surface area contributed by atoms with Crippen molar-refractivity contribution in [2.45, 2.75) is 25.4 Å². The summed E-state index contributed by atoms with van der Waals surface area (Å²) in [7, 11) is 5.77. The van der Waals surface area contributed by atoms with E-state index in [9.17, 15) is 15.2 Å². The Bertz CT molecular complexity index is 1480. The van der Waals surface area contributed by atoms with Gasteiger partial charge >= 0.3 is 6.09 Å². The van der Waals surface area contributed by atoms with Gasteiger partial charge in [-0.25, -0.2) is 14.8 Å². The van der Waals surface area contributed by atoms with Gasteiger partial charge in [-0.2, -0.15) is 5.26 Å². The number of aromatic nitrogens is 4. The molecule has 10 heteroatoms. The van der Waals surface area contributed by atoms with Crippen LogP contribution < -0.4 is 4.90 Å². The molecule has 0 radical (unpaired) electrons. The van der Waals surface area contributed by atoms with Gasteiger partial charge < -0.3 is 19.8 Å². The molecule has 1 aliphatic rings. The zero-order valence-electron chi connectivity index (χ0n) is 21.7. The number of anilines is 1. The third-order valence-electron chi connectivity index (χ3n) is 7.16. The summed E-state index contributed by atoms with van der Waals surface area (Å²) in [5.41, 5.74) is 5.46. The van der Waals surface area contributed by atoms with Gasteiger partial charge in [-0.15, -0.1) is 0 Å². The Morgan fingerprint density at radius 2 is 1.79 bits per heavy atom. The zero-order chi connectivity index (χ0) is 26.8. The van der Waals surface area contributed by atoms with Gasteiger partial charge in [-0.3, -0.25) is 9.38 Å². The Labute approximate surface area is 221 Å². The van der Waals surface area contributed by atoms with Crippen LogP contribution in [0.5, 0.6) is 0 Å². The minimum atomic E-state index is -1.01. The van der Waals surface area contributed by atoms with Crippen LogP contribution in [-0.4, -0.2) is 80.6 Å². The number of carbonyl (C=O) groups is 1. The van der Waals surface area contributed by atoms with E-state index >= 15 is 0 Å². The van der Waals surface area contributed by atoms with E-state index in [1.807, 2.05) is 34.9 Å². The maximum absolute atomic E-state index is 11.2. The van der Waals surface area contributed by atoms with Crippen molar-refractivity contribution in [2.75, 3.05) is 39.1 Å². The molecule has 3 aromatic heterocycles. The smallest absolute Gasteiger partial charge is 0.407 e. The fraction of sp³-hybridized carbons (Fsp3) is 0.321. The van der Waals surface area contributed by atoms with Gasteiger partial charge in [0, 0.05) is 43.5 Å². The average Bonchev–Trinajstić information content (AvgIpc) is 3.42. The molecule has 0 spiro atoms. The van der Waals surface area contributed by atoms with Gasteiger partial charge in [0.2, 0.25) is 0 Å². The first-order chi connectivity index (χ1) is 18.4. The molecule has 4 heterocycles. The van der Waals surface area contributed by atoms with E-state index < -0.39 is 6.09 Å². The molecule has 1 saturated heterocycles. The van der Waals surface area contributed by atoms with Crippen LogP contribution in [0.15, 0.2) is 55.1 Å². The highest BCUT2D eigenvalue weighted by Crippen LogP contribution is 2.36. The Balaban J connectivity index is 1.62. The zero-order valence-corrected chi connectivity index (χ0v) is 21.7. The highest BCUT2D eigenvalue weighted by atomic mass is 16.4. The molecule has 0 atom stereocenters. The van der Waals surface area contributed by atoms with Gasteiger partial charge in [-0.05, 0) is 51.2 Å². The van der Waals surface area contributed by atoms with E-state index in [4.69, 9.17) is 4.98 Å². The molecule has 1 aliphatic heterocycles. The number of benzene rings is 1. The first-order valence-electron chi connectivity index (χ1n) is 12.5. The van der Waals surface area contributed by atoms with Crippen molar-refractivity contribution in [3.63, 3.8) is 0 Å². The molecular weight excluding hydrogens is 480 g/mol. The number of rotatable bonds is 6. The summed E-state index contributed by atoms with van der Waals surface area (Å²) >= 11 is 0. The van der Waals surface area contributed by atoms with E-state index in [2.05, 4.69) is 39.9 Å². The van der Waals surface area contributed by atoms with E-state index in [0.717, 1.165) is 59.8 Å². The first kappa shape index (κ1) is 25.2. The Morgan fingerprint density at radius 3 is 2.39 bits per heavy atom. The summed E-state index contributed by atoms with van der Waals surface area (Å²) < 4.78 is 2.05. The van der Waals surface area contributed by atoms with Crippen LogP contribution in [0.4, 0.5) is 10.6 Å². The third-order valence-corrected chi connectivity index (χ3v) is 7.16. The van der Waals surface area contributed by atoms with Crippen molar-refractivity contribution in [1.29, 1.82) is 5.26 Å². The van der Waals surface area contributed by atoms with Crippen LogP contribution in [0.3, 0.4) is 0 Å². The molecule has 38 heavy (non-hydrogen) atoms. The van der Waals surface area contributed by atoms with Crippen molar-refractivity contribution in [3.8, 4) is 28.6 Å². The number of imidazole rings is 1. The average molecular weight is 511 g/mol. The Morgan fingerprint density at radius 1 is 1.08 bits per heavy atom. The maximum Gasteiger partial charge on any atom is 0.407 e. The minimum absolute atomic E-state index is 0.193. The molecule has 10 nitrogen and oxygen atoms in total.